The molecule has 3 heteroatoms. The highest BCUT2D eigenvalue weighted by atomic mass is 16.3. The second kappa shape index (κ2) is 5.02. The van der Waals surface area contributed by atoms with Crippen LogP contribution in [0.4, 0.5) is 0 Å². The molecule has 0 aromatic carbocycles. The van der Waals surface area contributed by atoms with Crippen LogP contribution in [-0.2, 0) is 6.54 Å². The Balaban J connectivity index is 1.96. The van der Waals surface area contributed by atoms with Crippen molar-refractivity contribution < 1.29 is 4.42 Å². The molecule has 0 spiro atoms. The third-order valence-corrected chi connectivity index (χ3v) is 3.77. The quantitative estimate of drug-likeness (QED) is 0.847. The Hall–Kier alpha value is -0.800. The molecule has 1 N–H and O–H groups in total. The molecule has 0 saturated carbocycles. The van der Waals surface area contributed by atoms with E-state index in [2.05, 4.69) is 30.1 Å². The van der Waals surface area contributed by atoms with Gasteiger partial charge in [0.15, 0.2) is 0 Å². The van der Waals surface area contributed by atoms with Crippen molar-refractivity contribution in [1.29, 1.82) is 0 Å². The van der Waals surface area contributed by atoms with E-state index in [1.807, 2.05) is 6.07 Å². The SMILES string of the molecule is CCC1(CC)CN(Cc2ccco2)CCN1. The third-order valence-electron chi connectivity index (χ3n) is 3.77. The summed E-state index contributed by atoms with van der Waals surface area (Å²) in [5.41, 5.74) is 0.310. The fraction of sp³-hybridized carbons (Fsp3) is 0.692. The Labute approximate surface area is 97.8 Å². The Kier molecular flexibility index (Phi) is 3.66. The van der Waals surface area contributed by atoms with Crippen molar-refractivity contribution >= 4 is 0 Å². The van der Waals surface area contributed by atoms with E-state index in [9.17, 15) is 0 Å². The van der Waals surface area contributed by atoms with Crippen molar-refractivity contribution in [2.24, 2.45) is 0 Å². The van der Waals surface area contributed by atoms with E-state index in [-0.39, 0.29) is 0 Å². The van der Waals surface area contributed by atoms with Gasteiger partial charge in [0.2, 0.25) is 0 Å². The van der Waals surface area contributed by atoms with Crippen LogP contribution < -0.4 is 5.32 Å². The summed E-state index contributed by atoms with van der Waals surface area (Å²) in [6, 6.07) is 4.02. The normalized spacial score (nSPS) is 21.1. The minimum absolute atomic E-state index is 0.310. The van der Waals surface area contributed by atoms with Crippen LogP contribution in [0.2, 0.25) is 0 Å². The minimum atomic E-state index is 0.310. The van der Waals surface area contributed by atoms with Crippen LogP contribution in [-0.4, -0.2) is 30.1 Å². The molecule has 1 aliphatic heterocycles. The van der Waals surface area contributed by atoms with E-state index in [1.54, 1.807) is 6.26 Å². The lowest BCUT2D eigenvalue weighted by molar-refractivity contribution is 0.111. The minimum Gasteiger partial charge on any atom is -0.468 e. The highest BCUT2D eigenvalue weighted by Crippen LogP contribution is 2.21. The number of nitrogens with zero attached hydrogens (tertiary/aromatic N) is 1. The molecule has 0 aliphatic carbocycles. The maximum absolute atomic E-state index is 5.41. The largest absolute Gasteiger partial charge is 0.468 e. The van der Waals surface area contributed by atoms with Crippen molar-refractivity contribution in [1.82, 2.24) is 10.2 Å². The van der Waals surface area contributed by atoms with E-state index in [4.69, 9.17) is 4.42 Å². The van der Waals surface area contributed by atoms with Gasteiger partial charge in [0, 0.05) is 25.2 Å². The number of piperazine rings is 1. The standard InChI is InChI=1S/C13H22N2O/c1-3-13(4-2)11-15(8-7-14-13)10-12-6-5-9-16-12/h5-6,9,14H,3-4,7-8,10-11H2,1-2H3. The van der Waals surface area contributed by atoms with E-state index in [0.717, 1.165) is 31.9 Å². The van der Waals surface area contributed by atoms with Gasteiger partial charge in [-0.25, -0.2) is 0 Å². The summed E-state index contributed by atoms with van der Waals surface area (Å²) in [6.45, 7) is 8.81. The van der Waals surface area contributed by atoms with Crippen LogP contribution in [0, 0.1) is 0 Å². The zero-order chi connectivity index (χ0) is 11.4. The Morgan fingerprint density at radius 3 is 2.88 bits per heavy atom. The van der Waals surface area contributed by atoms with Gasteiger partial charge in [0.1, 0.15) is 5.76 Å². The molecule has 2 rings (SSSR count). The van der Waals surface area contributed by atoms with E-state index >= 15 is 0 Å². The Bertz CT molecular complexity index is 304. The predicted octanol–water partition coefficient (Wildman–Crippen LogP) is 2.24. The number of nitrogens with one attached hydrogen (secondary N) is 1. The lowest BCUT2D eigenvalue weighted by Crippen LogP contribution is -2.59. The first-order valence-electron chi connectivity index (χ1n) is 6.28. The first-order chi connectivity index (χ1) is 7.78. The first kappa shape index (κ1) is 11.7. The topological polar surface area (TPSA) is 28.4 Å². The van der Waals surface area contributed by atoms with Gasteiger partial charge >= 0.3 is 0 Å². The fourth-order valence-electron chi connectivity index (χ4n) is 2.52. The van der Waals surface area contributed by atoms with E-state index in [0.29, 0.717) is 5.54 Å². The summed E-state index contributed by atoms with van der Waals surface area (Å²) in [7, 11) is 0. The van der Waals surface area contributed by atoms with E-state index in [1.165, 1.54) is 12.8 Å². The number of furan rings is 1. The highest BCUT2D eigenvalue weighted by molar-refractivity contribution is 5.00. The van der Waals surface area contributed by atoms with Crippen molar-refractivity contribution in [2.45, 2.75) is 38.8 Å². The molecule has 1 aliphatic rings. The lowest BCUT2D eigenvalue weighted by Gasteiger charge is -2.42. The van der Waals surface area contributed by atoms with E-state index < -0.39 is 0 Å². The third kappa shape index (κ3) is 2.47. The van der Waals surface area contributed by atoms with Crippen molar-refractivity contribution in [3.05, 3.63) is 24.2 Å². The second-order valence-electron chi connectivity index (χ2n) is 4.70. The summed E-state index contributed by atoms with van der Waals surface area (Å²) >= 11 is 0. The summed E-state index contributed by atoms with van der Waals surface area (Å²) in [5.74, 6) is 1.07. The summed E-state index contributed by atoms with van der Waals surface area (Å²) in [4.78, 5) is 2.49. The van der Waals surface area contributed by atoms with Gasteiger partial charge in [-0.2, -0.15) is 0 Å². The van der Waals surface area contributed by atoms with Gasteiger partial charge in [-0.05, 0) is 25.0 Å². The molecule has 1 saturated heterocycles. The number of hydrogen-bond donors (Lipinski definition) is 1. The average molecular weight is 222 g/mol. The molecule has 1 aromatic rings. The van der Waals surface area contributed by atoms with Crippen molar-refractivity contribution in [2.75, 3.05) is 19.6 Å². The van der Waals surface area contributed by atoms with Gasteiger partial charge in [0.05, 0.1) is 12.8 Å². The van der Waals surface area contributed by atoms with Crippen molar-refractivity contribution in [3.8, 4) is 0 Å². The molecule has 0 radical (unpaired) electrons. The van der Waals surface area contributed by atoms with Gasteiger partial charge in [0.25, 0.3) is 0 Å². The lowest BCUT2D eigenvalue weighted by atomic mass is 9.90. The van der Waals surface area contributed by atoms with Crippen LogP contribution in [0.25, 0.3) is 0 Å². The number of hydrogen-bond acceptors (Lipinski definition) is 3. The van der Waals surface area contributed by atoms with Gasteiger partial charge in [-0.15, -0.1) is 0 Å². The molecule has 0 unspecified atom stereocenters. The smallest absolute Gasteiger partial charge is 0.117 e. The Morgan fingerprint density at radius 1 is 1.44 bits per heavy atom. The monoisotopic (exact) mass is 222 g/mol. The number of rotatable bonds is 4. The van der Waals surface area contributed by atoms with Gasteiger partial charge < -0.3 is 9.73 Å². The molecule has 0 bridgehead atoms. The summed E-state index contributed by atoms with van der Waals surface area (Å²) in [5, 5.41) is 3.67. The average Bonchev–Trinajstić information content (AvgIpc) is 2.82. The van der Waals surface area contributed by atoms with Crippen LogP contribution >= 0.6 is 0 Å². The molecular weight excluding hydrogens is 200 g/mol. The Morgan fingerprint density at radius 2 is 2.25 bits per heavy atom. The van der Waals surface area contributed by atoms with Crippen LogP contribution in [0.3, 0.4) is 0 Å². The van der Waals surface area contributed by atoms with Crippen LogP contribution in [0.5, 0.6) is 0 Å². The molecule has 1 aromatic heterocycles. The molecular formula is C13H22N2O. The molecule has 0 amide bonds. The molecule has 1 fully saturated rings. The molecule has 90 valence electrons. The molecule has 16 heavy (non-hydrogen) atoms. The van der Waals surface area contributed by atoms with Crippen LogP contribution in [0.15, 0.2) is 22.8 Å². The molecule has 0 atom stereocenters. The maximum Gasteiger partial charge on any atom is 0.117 e. The van der Waals surface area contributed by atoms with Crippen molar-refractivity contribution in [3.63, 3.8) is 0 Å². The maximum atomic E-state index is 5.41. The second-order valence-corrected chi connectivity index (χ2v) is 4.70. The summed E-state index contributed by atoms with van der Waals surface area (Å²) < 4.78 is 5.41. The highest BCUT2D eigenvalue weighted by Gasteiger charge is 2.31. The molecule has 3 nitrogen and oxygen atoms in total. The predicted molar refractivity (Wildman–Crippen MR) is 65.3 cm³/mol. The molecule has 2 heterocycles. The zero-order valence-corrected chi connectivity index (χ0v) is 10.3. The first-order valence-corrected chi connectivity index (χ1v) is 6.28. The van der Waals surface area contributed by atoms with Gasteiger partial charge in [-0.1, -0.05) is 13.8 Å². The fourth-order valence-corrected chi connectivity index (χ4v) is 2.52. The van der Waals surface area contributed by atoms with Gasteiger partial charge in [-0.3, -0.25) is 4.90 Å². The zero-order valence-electron chi connectivity index (χ0n) is 10.3. The van der Waals surface area contributed by atoms with Crippen LogP contribution in [0.1, 0.15) is 32.4 Å². The summed E-state index contributed by atoms with van der Waals surface area (Å²) in [6.07, 6.45) is 4.14.